The van der Waals surface area contributed by atoms with Crippen LogP contribution in [-0.4, -0.2) is 16.8 Å². The lowest BCUT2D eigenvalue weighted by atomic mass is 9.98. The molecule has 1 aliphatic heterocycles. The van der Waals surface area contributed by atoms with E-state index in [4.69, 9.17) is 5.73 Å². The molecule has 0 unspecified atom stereocenters. The number of rotatable bonds is 1. The molecule has 2 aromatic rings. The summed E-state index contributed by atoms with van der Waals surface area (Å²) >= 11 is 0. The van der Waals surface area contributed by atoms with E-state index in [1.807, 2.05) is 18.3 Å². The Labute approximate surface area is 107 Å². The van der Waals surface area contributed by atoms with Crippen molar-refractivity contribution in [3.8, 4) is 11.1 Å². The molecule has 1 aromatic heterocycles. The largest absolute Gasteiger partial charge is 0.397 e. The van der Waals surface area contributed by atoms with Crippen LogP contribution in [0.3, 0.4) is 0 Å². The van der Waals surface area contributed by atoms with E-state index in [0.29, 0.717) is 6.04 Å². The Balaban J connectivity index is 2.25. The lowest BCUT2D eigenvalue weighted by Crippen LogP contribution is -2.25. The van der Waals surface area contributed by atoms with Crippen LogP contribution < -0.4 is 10.6 Å². The van der Waals surface area contributed by atoms with E-state index in [0.717, 1.165) is 17.9 Å². The van der Waals surface area contributed by atoms with E-state index in [2.05, 4.69) is 41.6 Å². The molecule has 0 amide bonds. The third-order valence-corrected chi connectivity index (χ3v) is 3.51. The quantitative estimate of drug-likeness (QED) is 0.782. The Morgan fingerprint density at radius 1 is 1.28 bits per heavy atom. The molecule has 0 fully saturated rings. The molecule has 4 nitrogen and oxygen atoms in total. The van der Waals surface area contributed by atoms with Crippen molar-refractivity contribution in [2.75, 3.05) is 17.7 Å². The second kappa shape index (κ2) is 3.77. The fourth-order valence-electron chi connectivity index (χ4n) is 2.72. The van der Waals surface area contributed by atoms with Gasteiger partial charge in [0.25, 0.3) is 0 Å². The zero-order chi connectivity index (χ0) is 12.9. The summed E-state index contributed by atoms with van der Waals surface area (Å²) in [6.07, 6.45) is 1.96. The number of hydrogen-bond acceptors (Lipinski definition) is 3. The maximum absolute atomic E-state index is 6.09. The molecule has 1 aliphatic rings. The van der Waals surface area contributed by atoms with Gasteiger partial charge in [-0.3, -0.25) is 4.68 Å². The zero-order valence-corrected chi connectivity index (χ0v) is 11.0. The lowest BCUT2D eigenvalue weighted by molar-refractivity contribution is 0.507. The predicted octanol–water partition coefficient (Wildman–Crippen LogP) is 2.66. The number of para-hydroxylation sites is 1. The number of aromatic nitrogens is 2. The van der Waals surface area contributed by atoms with Gasteiger partial charge in [0, 0.05) is 24.2 Å². The molecule has 4 heteroatoms. The second-order valence-corrected chi connectivity index (χ2v) is 5.14. The number of anilines is 2. The van der Waals surface area contributed by atoms with Crippen LogP contribution in [0.4, 0.5) is 11.4 Å². The molecule has 94 valence electrons. The average Bonchev–Trinajstić information content (AvgIpc) is 2.72. The minimum absolute atomic E-state index is 0.379. The molecule has 0 radical (unpaired) electrons. The van der Waals surface area contributed by atoms with Gasteiger partial charge in [0.2, 0.25) is 0 Å². The van der Waals surface area contributed by atoms with Gasteiger partial charge in [-0.2, -0.15) is 5.10 Å². The monoisotopic (exact) mass is 242 g/mol. The number of nitrogens with zero attached hydrogens (tertiary/aromatic N) is 3. The highest BCUT2D eigenvalue weighted by atomic mass is 15.3. The van der Waals surface area contributed by atoms with Crippen molar-refractivity contribution in [2.24, 2.45) is 0 Å². The summed E-state index contributed by atoms with van der Waals surface area (Å²) in [5.74, 6) is 0. The summed E-state index contributed by atoms with van der Waals surface area (Å²) < 4.78 is 2.10. The summed E-state index contributed by atoms with van der Waals surface area (Å²) in [5.41, 5.74) is 11.7. The van der Waals surface area contributed by atoms with Gasteiger partial charge in [-0.15, -0.1) is 0 Å². The van der Waals surface area contributed by atoms with Crippen molar-refractivity contribution in [2.45, 2.75) is 26.4 Å². The molecule has 0 saturated heterocycles. The summed E-state index contributed by atoms with van der Waals surface area (Å²) in [6, 6.07) is 6.45. The van der Waals surface area contributed by atoms with Crippen LogP contribution in [0, 0.1) is 0 Å². The zero-order valence-electron chi connectivity index (χ0n) is 11.0. The van der Waals surface area contributed by atoms with Crippen molar-refractivity contribution in [3.63, 3.8) is 0 Å². The minimum Gasteiger partial charge on any atom is -0.397 e. The van der Waals surface area contributed by atoms with E-state index < -0.39 is 0 Å². The molecule has 0 atom stereocenters. The second-order valence-electron chi connectivity index (χ2n) is 5.14. The predicted molar refractivity (Wildman–Crippen MR) is 74.6 cm³/mol. The van der Waals surface area contributed by atoms with Crippen LogP contribution >= 0.6 is 0 Å². The summed E-state index contributed by atoms with van der Waals surface area (Å²) in [6.45, 7) is 5.17. The summed E-state index contributed by atoms with van der Waals surface area (Å²) in [7, 11) is 2.08. The van der Waals surface area contributed by atoms with E-state index in [1.54, 1.807) is 0 Å². The van der Waals surface area contributed by atoms with E-state index in [9.17, 15) is 0 Å². The molecule has 2 N–H and O–H groups in total. The van der Waals surface area contributed by atoms with Crippen LogP contribution in [0.15, 0.2) is 24.4 Å². The minimum atomic E-state index is 0.379. The molecule has 1 aromatic carbocycles. The number of fused-ring (bicyclic) bond motifs is 3. The number of nitrogens with two attached hydrogens (primary N) is 1. The van der Waals surface area contributed by atoms with Crippen molar-refractivity contribution in [1.29, 1.82) is 0 Å². The van der Waals surface area contributed by atoms with Crippen LogP contribution in [0.1, 0.15) is 25.6 Å². The van der Waals surface area contributed by atoms with E-state index in [-0.39, 0.29) is 0 Å². The van der Waals surface area contributed by atoms with Crippen LogP contribution in [0.25, 0.3) is 11.1 Å². The Kier molecular flexibility index (Phi) is 2.33. The number of hydrogen-bond donors (Lipinski definition) is 1. The maximum atomic E-state index is 6.09. The first-order valence-corrected chi connectivity index (χ1v) is 6.26. The summed E-state index contributed by atoms with van der Waals surface area (Å²) in [5, 5.41) is 4.51. The van der Waals surface area contributed by atoms with Crippen LogP contribution in [0.5, 0.6) is 0 Å². The van der Waals surface area contributed by atoms with Gasteiger partial charge in [0.1, 0.15) is 0 Å². The lowest BCUT2D eigenvalue weighted by Gasteiger charge is -2.30. The normalized spacial score (nSPS) is 13.7. The highest BCUT2D eigenvalue weighted by Gasteiger charge is 2.25. The fraction of sp³-hybridized carbons (Fsp3) is 0.357. The van der Waals surface area contributed by atoms with Gasteiger partial charge >= 0.3 is 0 Å². The molecule has 0 spiro atoms. The fourth-order valence-corrected chi connectivity index (χ4v) is 2.72. The third-order valence-electron chi connectivity index (χ3n) is 3.51. The van der Waals surface area contributed by atoms with E-state index >= 15 is 0 Å². The van der Waals surface area contributed by atoms with Crippen molar-refractivity contribution in [1.82, 2.24) is 9.78 Å². The number of benzene rings is 1. The van der Waals surface area contributed by atoms with Gasteiger partial charge in [-0.1, -0.05) is 12.1 Å². The van der Waals surface area contributed by atoms with Gasteiger partial charge in [0.05, 0.1) is 29.8 Å². The first-order valence-electron chi connectivity index (χ1n) is 6.26. The SMILES string of the molecule is CC(C)n1ncc2c1CN(C)c1c(N)cccc1-2. The van der Waals surface area contributed by atoms with Crippen molar-refractivity contribution < 1.29 is 0 Å². The Morgan fingerprint density at radius 3 is 2.78 bits per heavy atom. The molecule has 2 heterocycles. The van der Waals surface area contributed by atoms with Gasteiger partial charge < -0.3 is 10.6 Å². The Bertz CT molecular complexity index is 598. The Morgan fingerprint density at radius 2 is 2.06 bits per heavy atom. The van der Waals surface area contributed by atoms with Crippen LogP contribution in [0.2, 0.25) is 0 Å². The van der Waals surface area contributed by atoms with Crippen molar-refractivity contribution in [3.05, 3.63) is 30.1 Å². The number of nitrogen functional groups attached to an aromatic ring is 1. The molecular formula is C14H18N4. The molecule has 3 rings (SSSR count). The average molecular weight is 242 g/mol. The molecule has 0 saturated carbocycles. The first-order chi connectivity index (χ1) is 8.59. The van der Waals surface area contributed by atoms with Crippen LogP contribution in [-0.2, 0) is 6.54 Å². The van der Waals surface area contributed by atoms with E-state index in [1.165, 1.54) is 16.8 Å². The van der Waals surface area contributed by atoms with Gasteiger partial charge in [0.15, 0.2) is 0 Å². The van der Waals surface area contributed by atoms with Gasteiger partial charge in [-0.25, -0.2) is 0 Å². The third kappa shape index (κ3) is 1.41. The molecule has 0 bridgehead atoms. The first kappa shape index (κ1) is 11.1. The molecular weight excluding hydrogens is 224 g/mol. The van der Waals surface area contributed by atoms with Gasteiger partial charge in [-0.05, 0) is 19.9 Å². The topological polar surface area (TPSA) is 47.1 Å². The molecule has 18 heavy (non-hydrogen) atoms. The highest BCUT2D eigenvalue weighted by Crippen LogP contribution is 2.41. The maximum Gasteiger partial charge on any atom is 0.0681 e. The van der Waals surface area contributed by atoms with Crippen molar-refractivity contribution >= 4 is 11.4 Å². The summed E-state index contributed by atoms with van der Waals surface area (Å²) in [4.78, 5) is 2.20. The highest BCUT2D eigenvalue weighted by molar-refractivity contribution is 5.89. The Hall–Kier alpha value is -1.97. The molecule has 0 aliphatic carbocycles. The standard InChI is InChI=1S/C14H18N4/c1-9(2)18-13-8-17(3)14-10(11(13)7-16-18)5-4-6-12(14)15/h4-7,9H,8,15H2,1-3H3. The smallest absolute Gasteiger partial charge is 0.0681 e.